The van der Waals surface area contributed by atoms with Crippen molar-refractivity contribution in [1.29, 1.82) is 0 Å². The molecule has 0 amide bonds. The van der Waals surface area contributed by atoms with Crippen LogP contribution in [0.4, 0.5) is 0 Å². The Morgan fingerprint density at radius 1 is 1.35 bits per heavy atom. The van der Waals surface area contributed by atoms with E-state index in [1.807, 2.05) is 24.7 Å². The number of likely N-dealkylation sites (N-methyl/N-ethyl adjacent to an activating group) is 1. The molecule has 0 spiro atoms. The zero-order chi connectivity index (χ0) is 14.5. The third-order valence-electron chi connectivity index (χ3n) is 3.84. The highest BCUT2D eigenvalue weighted by Gasteiger charge is 2.28. The van der Waals surface area contributed by atoms with E-state index in [0.717, 1.165) is 31.9 Å². The van der Waals surface area contributed by atoms with E-state index in [9.17, 15) is 4.79 Å². The lowest BCUT2D eigenvalue weighted by Gasteiger charge is -2.37. The summed E-state index contributed by atoms with van der Waals surface area (Å²) in [6.07, 6.45) is 4.02. The Kier molecular flexibility index (Phi) is 5.14. The summed E-state index contributed by atoms with van der Waals surface area (Å²) in [5.74, 6) is -0.141. The predicted molar refractivity (Wildman–Crippen MR) is 76.3 cm³/mol. The molecule has 20 heavy (non-hydrogen) atoms. The first-order valence-corrected chi connectivity index (χ1v) is 7.16. The minimum absolute atomic E-state index is 0.0512. The Morgan fingerprint density at radius 2 is 2.05 bits per heavy atom. The summed E-state index contributed by atoms with van der Waals surface area (Å²) in [5, 5.41) is 0. The molecule has 0 N–H and O–H groups in total. The van der Waals surface area contributed by atoms with Crippen LogP contribution in [0.2, 0.25) is 0 Å². The van der Waals surface area contributed by atoms with E-state index in [-0.39, 0.29) is 12.0 Å². The summed E-state index contributed by atoms with van der Waals surface area (Å²) in [4.78, 5) is 20.7. The molecule has 112 valence electrons. The van der Waals surface area contributed by atoms with Gasteiger partial charge in [-0.15, -0.1) is 0 Å². The summed E-state index contributed by atoms with van der Waals surface area (Å²) >= 11 is 0. The van der Waals surface area contributed by atoms with E-state index in [1.165, 1.54) is 0 Å². The van der Waals surface area contributed by atoms with Gasteiger partial charge in [-0.25, -0.2) is 4.98 Å². The maximum absolute atomic E-state index is 11.9. The molecule has 1 saturated heterocycles. The van der Waals surface area contributed by atoms with Gasteiger partial charge in [0.2, 0.25) is 0 Å². The number of carbonyl (C=O) groups is 1. The monoisotopic (exact) mass is 280 g/mol. The molecule has 6 heteroatoms. The smallest absolute Gasteiger partial charge is 0.307 e. The fourth-order valence-corrected chi connectivity index (χ4v) is 2.62. The van der Waals surface area contributed by atoms with E-state index < -0.39 is 0 Å². The van der Waals surface area contributed by atoms with Gasteiger partial charge in [-0.1, -0.05) is 0 Å². The third-order valence-corrected chi connectivity index (χ3v) is 3.84. The van der Waals surface area contributed by atoms with Crippen LogP contribution in [-0.4, -0.2) is 65.2 Å². The van der Waals surface area contributed by atoms with Crippen LogP contribution in [0.3, 0.4) is 0 Å². The quantitative estimate of drug-likeness (QED) is 0.742. The van der Waals surface area contributed by atoms with Crippen LogP contribution in [-0.2, 0) is 16.6 Å². The summed E-state index contributed by atoms with van der Waals surface area (Å²) in [5.41, 5.74) is 1.07. The first-order valence-electron chi connectivity index (χ1n) is 7.16. The van der Waals surface area contributed by atoms with E-state index >= 15 is 0 Å². The molecule has 2 rings (SSSR count). The first-order chi connectivity index (χ1) is 9.61. The van der Waals surface area contributed by atoms with Crippen molar-refractivity contribution in [2.24, 2.45) is 7.05 Å². The number of aryl methyl sites for hydroxylation is 1. The number of nitrogens with zero attached hydrogens (tertiary/aromatic N) is 4. The van der Waals surface area contributed by atoms with Crippen molar-refractivity contribution < 1.29 is 9.53 Å². The van der Waals surface area contributed by atoms with Gasteiger partial charge in [-0.05, 0) is 14.0 Å². The molecule has 1 aromatic rings. The lowest BCUT2D eigenvalue weighted by Crippen LogP contribution is -2.46. The van der Waals surface area contributed by atoms with E-state index in [2.05, 4.69) is 21.8 Å². The Balaban J connectivity index is 2.12. The number of piperazine rings is 1. The van der Waals surface area contributed by atoms with Crippen molar-refractivity contribution in [3.8, 4) is 0 Å². The lowest BCUT2D eigenvalue weighted by molar-refractivity contribution is -0.144. The van der Waals surface area contributed by atoms with Gasteiger partial charge in [0.05, 0.1) is 31.1 Å². The Hall–Kier alpha value is -1.40. The minimum atomic E-state index is -0.141. The van der Waals surface area contributed by atoms with Crippen LogP contribution < -0.4 is 0 Å². The predicted octanol–water partition coefficient (Wildman–Crippen LogP) is 0.662. The van der Waals surface area contributed by atoms with E-state index in [4.69, 9.17) is 4.74 Å². The van der Waals surface area contributed by atoms with Crippen LogP contribution in [0, 0.1) is 0 Å². The van der Waals surface area contributed by atoms with Gasteiger partial charge in [-0.2, -0.15) is 0 Å². The number of ether oxygens (including phenoxy) is 1. The number of rotatable bonds is 5. The maximum atomic E-state index is 11.9. The zero-order valence-corrected chi connectivity index (χ0v) is 12.6. The fraction of sp³-hybridized carbons (Fsp3) is 0.714. The van der Waals surface area contributed by atoms with Crippen LogP contribution >= 0.6 is 0 Å². The number of hydrogen-bond acceptors (Lipinski definition) is 5. The molecule has 0 aromatic carbocycles. The van der Waals surface area contributed by atoms with Crippen molar-refractivity contribution in [3.63, 3.8) is 0 Å². The largest absolute Gasteiger partial charge is 0.466 e. The van der Waals surface area contributed by atoms with Crippen molar-refractivity contribution in [3.05, 3.63) is 18.2 Å². The molecule has 0 aliphatic carbocycles. The number of hydrogen-bond donors (Lipinski definition) is 0. The SMILES string of the molecule is CCOC(=O)CC(c1cncn1C)N1CCN(C)CC1. The highest BCUT2D eigenvalue weighted by atomic mass is 16.5. The summed E-state index contributed by atoms with van der Waals surface area (Å²) in [6, 6.07) is 0.0512. The Morgan fingerprint density at radius 3 is 2.60 bits per heavy atom. The number of aromatic nitrogens is 2. The lowest BCUT2D eigenvalue weighted by atomic mass is 10.1. The molecule has 0 bridgehead atoms. The molecule has 1 aromatic heterocycles. The molecule has 1 aliphatic rings. The van der Waals surface area contributed by atoms with Gasteiger partial charge in [0.25, 0.3) is 0 Å². The second kappa shape index (κ2) is 6.85. The van der Waals surface area contributed by atoms with Crippen molar-refractivity contribution in [2.45, 2.75) is 19.4 Å². The molecule has 6 nitrogen and oxygen atoms in total. The van der Waals surface area contributed by atoms with Gasteiger partial charge in [-0.3, -0.25) is 9.69 Å². The minimum Gasteiger partial charge on any atom is -0.466 e. The van der Waals surface area contributed by atoms with E-state index in [0.29, 0.717) is 13.0 Å². The topological polar surface area (TPSA) is 50.6 Å². The van der Waals surface area contributed by atoms with Gasteiger partial charge < -0.3 is 14.2 Å². The fourth-order valence-electron chi connectivity index (χ4n) is 2.62. The second-order valence-corrected chi connectivity index (χ2v) is 5.29. The average molecular weight is 280 g/mol. The zero-order valence-electron chi connectivity index (χ0n) is 12.6. The summed E-state index contributed by atoms with van der Waals surface area (Å²) in [7, 11) is 4.10. The van der Waals surface area contributed by atoms with Crippen LogP contribution in [0.15, 0.2) is 12.5 Å². The molecule has 0 saturated carbocycles. The van der Waals surface area contributed by atoms with Crippen molar-refractivity contribution >= 4 is 5.97 Å². The molecular formula is C14H24N4O2. The standard InChI is InChI=1S/C14H24N4O2/c1-4-20-14(19)9-12(13-10-15-11-17(13)3)18-7-5-16(2)6-8-18/h10-12H,4-9H2,1-3H3. The molecule has 1 aliphatic heterocycles. The molecule has 2 heterocycles. The first kappa shape index (κ1) is 15.0. The summed E-state index contributed by atoms with van der Waals surface area (Å²) in [6.45, 7) is 6.25. The van der Waals surface area contributed by atoms with Crippen LogP contribution in [0.5, 0.6) is 0 Å². The number of esters is 1. The Labute approximate surface area is 120 Å². The highest BCUT2D eigenvalue weighted by molar-refractivity contribution is 5.70. The molecule has 1 atom stereocenters. The van der Waals surface area contributed by atoms with Crippen molar-refractivity contribution in [2.75, 3.05) is 39.8 Å². The molecular weight excluding hydrogens is 256 g/mol. The maximum Gasteiger partial charge on any atom is 0.307 e. The van der Waals surface area contributed by atoms with Crippen LogP contribution in [0.25, 0.3) is 0 Å². The van der Waals surface area contributed by atoms with Gasteiger partial charge in [0, 0.05) is 39.4 Å². The average Bonchev–Trinajstić information content (AvgIpc) is 2.84. The van der Waals surface area contributed by atoms with Gasteiger partial charge in [0.1, 0.15) is 0 Å². The van der Waals surface area contributed by atoms with Crippen molar-refractivity contribution in [1.82, 2.24) is 19.4 Å². The second-order valence-electron chi connectivity index (χ2n) is 5.29. The molecule has 1 fully saturated rings. The number of imidazole rings is 1. The third kappa shape index (κ3) is 3.58. The van der Waals surface area contributed by atoms with Crippen LogP contribution in [0.1, 0.15) is 25.1 Å². The summed E-state index contributed by atoms with van der Waals surface area (Å²) < 4.78 is 7.10. The van der Waals surface area contributed by atoms with Gasteiger partial charge >= 0.3 is 5.97 Å². The molecule has 1 unspecified atom stereocenters. The molecule has 0 radical (unpaired) electrons. The number of carbonyl (C=O) groups excluding carboxylic acids is 1. The van der Waals surface area contributed by atoms with Gasteiger partial charge in [0.15, 0.2) is 0 Å². The highest BCUT2D eigenvalue weighted by Crippen LogP contribution is 2.25. The normalized spacial score (nSPS) is 18.9. The Bertz CT molecular complexity index is 438. The van der Waals surface area contributed by atoms with E-state index in [1.54, 1.807) is 6.33 Å².